The summed E-state index contributed by atoms with van der Waals surface area (Å²) in [5, 5.41) is 72.5. The van der Waals surface area contributed by atoms with Gasteiger partial charge in [-0.15, -0.1) is 10.2 Å². The molecule has 10 N–H and O–H groups in total. The molecular weight excluding hydrogens is 512 g/mol. The molecule has 0 aromatic carbocycles. The Morgan fingerprint density at radius 1 is 0.658 bits per heavy atom. The van der Waals surface area contributed by atoms with Gasteiger partial charge in [0.05, 0.1) is 13.2 Å². The number of rotatable bonds is 4. The first kappa shape index (κ1) is 25.9. The molecule has 0 saturated carbocycles. The van der Waals surface area contributed by atoms with E-state index in [1.165, 1.54) is 22.0 Å². The minimum atomic E-state index is -1.25. The van der Waals surface area contributed by atoms with Gasteiger partial charge in [-0.1, -0.05) is 10.4 Å². The Hall–Kier alpha value is -3.76. The van der Waals surface area contributed by atoms with E-state index in [9.17, 15) is 20.4 Å². The Kier molecular flexibility index (Phi) is 6.93. The molecule has 0 aliphatic carbocycles. The zero-order chi connectivity index (χ0) is 27.1. The summed E-state index contributed by atoms with van der Waals surface area (Å²) in [5.41, 5.74) is 12.4. The van der Waals surface area contributed by atoms with Crippen LogP contribution in [0.4, 0.5) is 11.6 Å². The highest BCUT2D eigenvalue weighted by atomic mass is 16.6. The van der Waals surface area contributed by atoms with Crippen LogP contribution in [-0.2, 0) is 9.47 Å². The Labute approximate surface area is 211 Å². The van der Waals surface area contributed by atoms with Crippen LogP contribution in [0, 0.1) is 0 Å². The number of ether oxygens (including phenoxy) is 2. The Morgan fingerprint density at radius 2 is 1.05 bits per heavy atom. The molecule has 0 radical (unpaired) electrons. The molecule has 2 aliphatic heterocycles. The van der Waals surface area contributed by atoms with Crippen molar-refractivity contribution >= 4 is 34.0 Å². The molecule has 4 aromatic rings. The van der Waals surface area contributed by atoms with Gasteiger partial charge in [-0.25, -0.2) is 19.9 Å². The maximum absolute atomic E-state index is 9.91. The van der Waals surface area contributed by atoms with Crippen LogP contribution in [0.1, 0.15) is 12.5 Å². The molecule has 38 heavy (non-hydrogen) atoms. The van der Waals surface area contributed by atoms with Crippen molar-refractivity contribution in [3.05, 3.63) is 12.7 Å². The summed E-state index contributed by atoms with van der Waals surface area (Å²) >= 11 is 0. The van der Waals surface area contributed by atoms with Crippen LogP contribution in [0.15, 0.2) is 12.7 Å². The lowest BCUT2D eigenvalue weighted by Crippen LogP contribution is -2.33. The lowest BCUT2D eigenvalue weighted by Gasteiger charge is -2.14. The summed E-state index contributed by atoms with van der Waals surface area (Å²) in [6, 6.07) is 0. The summed E-state index contributed by atoms with van der Waals surface area (Å²) in [7, 11) is 0. The number of hydrogen-bond acceptors (Lipinski definition) is 18. The molecule has 20 heteroatoms. The average Bonchev–Trinajstić information content (AvgIpc) is 3.67. The molecule has 0 spiro atoms. The van der Waals surface area contributed by atoms with Gasteiger partial charge in [0, 0.05) is 0 Å². The predicted molar refractivity (Wildman–Crippen MR) is 121 cm³/mol. The molecule has 0 unspecified atom stereocenters. The molecule has 0 bridgehead atoms. The summed E-state index contributed by atoms with van der Waals surface area (Å²) in [5.74, 6) is 0.311. The van der Waals surface area contributed by atoms with Gasteiger partial charge in [-0.05, 0) is 0 Å². The minimum Gasteiger partial charge on any atom is -0.394 e. The number of fused-ring (bicyclic) bond motifs is 2. The van der Waals surface area contributed by atoms with E-state index in [2.05, 4.69) is 40.6 Å². The summed E-state index contributed by atoms with van der Waals surface area (Å²) in [6.07, 6.45) is -6.23. The largest absolute Gasteiger partial charge is 0.394 e. The Bertz CT molecular complexity index is 1310. The van der Waals surface area contributed by atoms with Gasteiger partial charge in [-0.2, -0.15) is 9.36 Å². The van der Waals surface area contributed by atoms with E-state index in [4.69, 9.17) is 31.2 Å². The number of nitrogens with two attached hydrogens (primary N) is 2. The fourth-order valence-electron chi connectivity index (χ4n) is 4.07. The number of hydrogen-bond donors (Lipinski definition) is 8. The maximum Gasteiger partial charge on any atom is 0.186 e. The normalized spacial score (nSPS) is 31.1. The van der Waals surface area contributed by atoms with Crippen molar-refractivity contribution in [2.45, 2.75) is 49.1 Å². The third-order valence-electron chi connectivity index (χ3n) is 6.10. The van der Waals surface area contributed by atoms with E-state index in [0.29, 0.717) is 0 Å². The standard InChI is InChI=1S/2C9H12N6O4/c2*10-7-4-8(12-2-11-7)15(14-13-4)9-6(18)5(17)3(1-16)19-9/h2*2-3,5-6,9,16-18H,1H2,(H2,10,11,12)/t2*3-,5-,6-,9-/m11/s1. The molecule has 6 heterocycles. The van der Waals surface area contributed by atoms with E-state index in [-0.39, 0.29) is 34.0 Å². The first-order valence-corrected chi connectivity index (χ1v) is 11.1. The zero-order valence-corrected chi connectivity index (χ0v) is 19.3. The molecule has 2 aliphatic rings. The summed E-state index contributed by atoms with van der Waals surface area (Å²) in [4.78, 5) is 15.5. The monoisotopic (exact) mass is 536 g/mol. The SMILES string of the molecule is Nc1ncnc2c1nnn2[C@@H]1O[C@H](CO)[C@@H](O)[C@H]1O.Nc1ncnc2c1nnn2[C@@H]1O[C@H](CO)[C@@H](O)[C@H]1O. The maximum atomic E-state index is 9.91. The van der Waals surface area contributed by atoms with Crippen molar-refractivity contribution in [2.75, 3.05) is 24.7 Å². The van der Waals surface area contributed by atoms with Crippen molar-refractivity contribution < 1.29 is 40.1 Å². The number of aliphatic hydroxyl groups excluding tert-OH is 6. The third-order valence-corrected chi connectivity index (χ3v) is 6.10. The summed E-state index contributed by atoms with van der Waals surface area (Å²) in [6.45, 7) is -0.836. The minimum absolute atomic E-state index is 0.156. The first-order chi connectivity index (χ1) is 18.3. The molecule has 0 amide bonds. The van der Waals surface area contributed by atoms with Gasteiger partial charge in [-0.3, -0.25) is 0 Å². The first-order valence-electron chi connectivity index (χ1n) is 11.1. The smallest absolute Gasteiger partial charge is 0.186 e. The summed E-state index contributed by atoms with van der Waals surface area (Å²) < 4.78 is 13.1. The second-order valence-corrected chi connectivity index (χ2v) is 8.39. The Balaban J connectivity index is 0.000000155. The van der Waals surface area contributed by atoms with Crippen molar-refractivity contribution in [3.63, 3.8) is 0 Å². The number of aromatic nitrogens is 10. The van der Waals surface area contributed by atoms with Crippen LogP contribution in [0.5, 0.6) is 0 Å². The fourth-order valence-corrected chi connectivity index (χ4v) is 4.07. The third kappa shape index (κ3) is 4.23. The second-order valence-electron chi connectivity index (χ2n) is 8.39. The van der Waals surface area contributed by atoms with Crippen molar-refractivity contribution in [1.82, 2.24) is 49.9 Å². The number of nitrogen functional groups attached to an aromatic ring is 2. The predicted octanol–water partition coefficient (Wildman–Crippen LogP) is -5.17. The highest BCUT2D eigenvalue weighted by Crippen LogP contribution is 2.31. The van der Waals surface area contributed by atoms with E-state index in [1.807, 2.05) is 0 Å². The number of aliphatic hydroxyl groups is 6. The van der Waals surface area contributed by atoms with Crippen LogP contribution in [0.3, 0.4) is 0 Å². The van der Waals surface area contributed by atoms with E-state index in [1.54, 1.807) is 0 Å². The number of anilines is 2. The molecule has 4 aromatic heterocycles. The van der Waals surface area contributed by atoms with Crippen LogP contribution >= 0.6 is 0 Å². The average molecular weight is 536 g/mol. The van der Waals surface area contributed by atoms with E-state index >= 15 is 0 Å². The highest BCUT2D eigenvalue weighted by Gasteiger charge is 2.45. The lowest BCUT2D eigenvalue weighted by molar-refractivity contribution is -0.0574. The van der Waals surface area contributed by atoms with Gasteiger partial charge < -0.3 is 51.6 Å². The Morgan fingerprint density at radius 3 is 1.39 bits per heavy atom. The van der Waals surface area contributed by atoms with Gasteiger partial charge in [0.1, 0.15) is 49.3 Å². The van der Waals surface area contributed by atoms with Gasteiger partial charge in [0.25, 0.3) is 0 Å². The van der Waals surface area contributed by atoms with Crippen molar-refractivity contribution in [2.24, 2.45) is 0 Å². The van der Waals surface area contributed by atoms with Gasteiger partial charge >= 0.3 is 0 Å². The highest BCUT2D eigenvalue weighted by molar-refractivity contribution is 5.80. The molecule has 2 fully saturated rings. The topological polar surface area (TPSA) is 305 Å². The van der Waals surface area contributed by atoms with Crippen LogP contribution in [0.2, 0.25) is 0 Å². The van der Waals surface area contributed by atoms with Crippen molar-refractivity contribution in [1.29, 1.82) is 0 Å². The molecule has 2 saturated heterocycles. The molecule has 6 rings (SSSR count). The van der Waals surface area contributed by atoms with Crippen LogP contribution in [-0.4, -0.2) is 130 Å². The molecule has 8 atom stereocenters. The fraction of sp³-hybridized carbons (Fsp3) is 0.556. The van der Waals surface area contributed by atoms with E-state index in [0.717, 1.165) is 0 Å². The van der Waals surface area contributed by atoms with Crippen LogP contribution < -0.4 is 11.5 Å². The second kappa shape index (κ2) is 10.2. The quantitative estimate of drug-likeness (QED) is 0.121. The van der Waals surface area contributed by atoms with Gasteiger partial charge in [0.2, 0.25) is 0 Å². The molecular formula is C18H24N12O8. The van der Waals surface area contributed by atoms with Gasteiger partial charge in [0.15, 0.2) is 46.4 Å². The lowest BCUT2D eigenvalue weighted by atomic mass is 10.1. The number of nitrogens with zero attached hydrogens (tertiary/aromatic N) is 10. The van der Waals surface area contributed by atoms with Crippen LogP contribution in [0.25, 0.3) is 22.3 Å². The molecule has 204 valence electrons. The van der Waals surface area contributed by atoms with Crippen molar-refractivity contribution in [3.8, 4) is 0 Å². The van der Waals surface area contributed by atoms with E-state index < -0.39 is 62.3 Å². The molecule has 20 nitrogen and oxygen atoms in total. The zero-order valence-electron chi connectivity index (χ0n) is 19.3.